The van der Waals surface area contributed by atoms with Gasteiger partial charge in [-0.15, -0.1) is 0 Å². The van der Waals surface area contributed by atoms with Crippen LogP contribution in [0.5, 0.6) is 5.75 Å². The molecule has 1 atom stereocenters. The number of carboxylic acid groups (broad SMARTS) is 1. The molecule has 0 aromatic heterocycles. The van der Waals surface area contributed by atoms with E-state index in [0.717, 1.165) is 30.6 Å². The van der Waals surface area contributed by atoms with Crippen molar-refractivity contribution in [2.75, 3.05) is 26.7 Å². The summed E-state index contributed by atoms with van der Waals surface area (Å²) < 4.78 is 5.19. The van der Waals surface area contributed by atoms with Crippen LogP contribution in [0.25, 0.3) is 0 Å². The predicted molar refractivity (Wildman–Crippen MR) is 109 cm³/mol. The lowest BCUT2D eigenvalue weighted by Gasteiger charge is -2.43. The minimum Gasteiger partial charge on any atom is -0.497 e. The molecule has 7 heteroatoms. The highest BCUT2D eigenvalue weighted by Gasteiger charge is 2.35. The summed E-state index contributed by atoms with van der Waals surface area (Å²) in [6.45, 7) is 7.41. The second kappa shape index (κ2) is 10.3. The van der Waals surface area contributed by atoms with E-state index in [2.05, 4.69) is 12.2 Å². The van der Waals surface area contributed by atoms with Crippen LogP contribution in [0, 0.1) is 0 Å². The Labute approximate surface area is 167 Å². The third-order valence-corrected chi connectivity index (χ3v) is 5.53. The molecule has 0 saturated heterocycles. The molecule has 1 aliphatic rings. The highest BCUT2D eigenvalue weighted by Crippen LogP contribution is 2.26. The molecule has 7 nitrogen and oxygen atoms in total. The topological polar surface area (TPSA) is 82.1 Å². The predicted octanol–water partition coefficient (Wildman–Crippen LogP) is 2.60. The van der Waals surface area contributed by atoms with E-state index in [1.165, 1.54) is 0 Å². The molecule has 1 aliphatic carbocycles. The number of aliphatic carboxylic acids is 1. The van der Waals surface area contributed by atoms with E-state index < -0.39 is 5.97 Å². The first kappa shape index (κ1) is 22.0. The van der Waals surface area contributed by atoms with Crippen molar-refractivity contribution in [1.82, 2.24) is 15.1 Å². The van der Waals surface area contributed by atoms with Gasteiger partial charge in [-0.25, -0.2) is 4.79 Å². The van der Waals surface area contributed by atoms with Crippen molar-refractivity contribution in [3.05, 3.63) is 29.8 Å². The molecule has 1 fully saturated rings. The maximum absolute atomic E-state index is 12.7. The van der Waals surface area contributed by atoms with E-state index in [0.29, 0.717) is 13.1 Å². The van der Waals surface area contributed by atoms with E-state index in [4.69, 9.17) is 9.84 Å². The van der Waals surface area contributed by atoms with Gasteiger partial charge in [0.15, 0.2) is 0 Å². The molecule has 2 amide bonds. The number of ether oxygens (including phenoxy) is 1. The van der Waals surface area contributed by atoms with Gasteiger partial charge in [0.05, 0.1) is 13.7 Å². The standard InChI is InChI=1S/C21H33N3O4/c1-5-23(14-20(25)26)18-12-17(13-18)22-21(27)24(6-2)15(3)11-16-7-9-19(28-4)10-8-16/h7-10,15,17-18H,5-6,11-14H2,1-4H3,(H,22,27)(H,25,26). The summed E-state index contributed by atoms with van der Waals surface area (Å²) in [6, 6.07) is 8.30. The summed E-state index contributed by atoms with van der Waals surface area (Å²) in [5.41, 5.74) is 1.16. The summed E-state index contributed by atoms with van der Waals surface area (Å²) in [5, 5.41) is 12.1. The quantitative estimate of drug-likeness (QED) is 0.641. The number of urea groups is 1. The van der Waals surface area contributed by atoms with Gasteiger partial charge in [0.1, 0.15) is 5.75 Å². The van der Waals surface area contributed by atoms with E-state index in [9.17, 15) is 9.59 Å². The smallest absolute Gasteiger partial charge is 0.317 e. The first-order valence-electron chi connectivity index (χ1n) is 10.0. The van der Waals surface area contributed by atoms with Crippen molar-refractivity contribution in [2.45, 2.75) is 58.2 Å². The monoisotopic (exact) mass is 391 g/mol. The Bertz CT molecular complexity index is 644. The van der Waals surface area contributed by atoms with Gasteiger partial charge in [-0.05, 0) is 57.4 Å². The molecule has 1 aromatic rings. The van der Waals surface area contributed by atoms with Crippen LogP contribution >= 0.6 is 0 Å². The lowest BCUT2D eigenvalue weighted by molar-refractivity contribution is -0.139. The number of methoxy groups -OCH3 is 1. The minimum absolute atomic E-state index is 0.0479. The van der Waals surface area contributed by atoms with Crippen molar-refractivity contribution in [2.24, 2.45) is 0 Å². The number of carbonyl (C=O) groups is 2. The number of amides is 2. The number of hydrogen-bond acceptors (Lipinski definition) is 4. The summed E-state index contributed by atoms with van der Waals surface area (Å²) in [6.07, 6.45) is 2.38. The number of benzene rings is 1. The average molecular weight is 392 g/mol. The van der Waals surface area contributed by atoms with Crippen LogP contribution in [0.1, 0.15) is 39.2 Å². The second-order valence-corrected chi connectivity index (χ2v) is 7.42. The van der Waals surface area contributed by atoms with Gasteiger partial charge in [-0.3, -0.25) is 9.69 Å². The Balaban J connectivity index is 1.83. The lowest BCUT2D eigenvalue weighted by Crippen LogP contribution is -2.57. The number of carbonyl (C=O) groups excluding carboxylic acids is 1. The molecule has 1 aromatic carbocycles. The van der Waals surface area contributed by atoms with Gasteiger partial charge in [-0.2, -0.15) is 0 Å². The fourth-order valence-corrected chi connectivity index (χ4v) is 3.80. The van der Waals surface area contributed by atoms with Gasteiger partial charge in [0.25, 0.3) is 0 Å². The third kappa shape index (κ3) is 5.86. The zero-order valence-electron chi connectivity index (χ0n) is 17.4. The minimum atomic E-state index is -0.807. The van der Waals surface area contributed by atoms with Gasteiger partial charge in [0, 0.05) is 24.7 Å². The van der Waals surface area contributed by atoms with Crippen LogP contribution < -0.4 is 10.1 Å². The molecule has 1 saturated carbocycles. The maximum Gasteiger partial charge on any atom is 0.317 e. The van der Waals surface area contributed by atoms with Crippen molar-refractivity contribution in [3.8, 4) is 5.75 Å². The second-order valence-electron chi connectivity index (χ2n) is 7.42. The molecule has 0 heterocycles. The van der Waals surface area contributed by atoms with Crippen LogP contribution in [0.4, 0.5) is 4.79 Å². The van der Waals surface area contributed by atoms with Gasteiger partial charge < -0.3 is 20.1 Å². The fraction of sp³-hybridized carbons (Fsp3) is 0.619. The van der Waals surface area contributed by atoms with E-state index in [1.807, 2.05) is 47.9 Å². The van der Waals surface area contributed by atoms with Crippen molar-refractivity contribution in [1.29, 1.82) is 0 Å². The number of carboxylic acids is 1. The van der Waals surface area contributed by atoms with Gasteiger partial charge >= 0.3 is 12.0 Å². The van der Waals surface area contributed by atoms with Crippen molar-refractivity contribution in [3.63, 3.8) is 0 Å². The van der Waals surface area contributed by atoms with Crippen molar-refractivity contribution >= 4 is 12.0 Å². The molecular weight excluding hydrogens is 358 g/mol. The maximum atomic E-state index is 12.7. The largest absolute Gasteiger partial charge is 0.497 e. The normalized spacial score (nSPS) is 19.6. The molecule has 156 valence electrons. The number of rotatable bonds is 10. The Morgan fingerprint density at radius 3 is 2.36 bits per heavy atom. The Morgan fingerprint density at radius 1 is 1.21 bits per heavy atom. The summed E-state index contributed by atoms with van der Waals surface area (Å²) in [5.74, 6) is 0.0175. The average Bonchev–Trinajstić information content (AvgIpc) is 2.63. The van der Waals surface area contributed by atoms with E-state index >= 15 is 0 Å². The molecule has 0 bridgehead atoms. The highest BCUT2D eigenvalue weighted by atomic mass is 16.5. The zero-order valence-corrected chi connectivity index (χ0v) is 17.4. The number of likely N-dealkylation sites (N-methyl/N-ethyl adjacent to an activating group) is 2. The summed E-state index contributed by atoms with van der Waals surface area (Å²) in [4.78, 5) is 27.5. The molecule has 1 unspecified atom stereocenters. The van der Waals surface area contributed by atoms with E-state index in [1.54, 1.807) is 7.11 Å². The Hall–Kier alpha value is -2.28. The Morgan fingerprint density at radius 2 is 1.86 bits per heavy atom. The van der Waals surface area contributed by atoms with E-state index in [-0.39, 0.29) is 30.7 Å². The number of nitrogens with zero attached hydrogens (tertiary/aromatic N) is 2. The van der Waals surface area contributed by atoms with Crippen molar-refractivity contribution < 1.29 is 19.4 Å². The highest BCUT2D eigenvalue weighted by molar-refractivity contribution is 5.75. The van der Waals surface area contributed by atoms with Crippen LogP contribution in [0.2, 0.25) is 0 Å². The summed E-state index contributed by atoms with van der Waals surface area (Å²) >= 11 is 0. The molecule has 2 N–H and O–H groups in total. The van der Waals surface area contributed by atoms with Crippen LogP contribution in [-0.2, 0) is 11.2 Å². The lowest BCUT2D eigenvalue weighted by atomic mass is 9.85. The van der Waals surface area contributed by atoms with Gasteiger partial charge in [-0.1, -0.05) is 19.1 Å². The molecular formula is C21H33N3O4. The molecule has 0 spiro atoms. The first-order chi connectivity index (χ1) is 13.4. The van der Waals surface area contributed by atoms with Crippen LogP contribution in [0.15, 0.2) is 24.3 Å². The van der Waals surface area contributed by atoms with Crippen LogP contribution in [0.3, 0.4) is 0 Å². The number of hydrogen-bond donors (Lipinski definition) is 2. The Kier molecular flexibility index (Phi) is 8.11. The fourth-order valence-electron chi connectivity index (χ4n) is 3.80. The molecule has 2 rings (SSSR count). The molecule has 0 radical (unpaired) electrons. The van der Waals surface area contributed by atoms with Crippen LogP contribution in [-0.4, -0.2) is 71.8 Å². The number of nitrogens with one attached hydrogen (secondary N) is 1. The zero-order chi connectivity index (χ0) is 20.7. The summed E-state index contributed by atoms with van der Waals surface area (Å²) in [7, 11) is 1.65. The first-order valence-corrected chi connectivity index (χ1v) is 10.0. The molecule has 0 aliphatic heterocycles. The third-order valence-electron chi connectivity index (χ3n) is 5.53. The SMILES string of the molecule is CCN(CC(=O)O)C1CC(NC(=O)N(CC)C(C)Cc2ccc(OC)cc2)C1. The van der Waals surface area contributed by atoms with Gasteiger partial charge in [0.2, 0.25) is 0 Å². The molecule has 28 heavy (non-hydrogen) atoms.